The van der Waals surface area contributed by atoms with Crippen molar-refractivity contribution in [2.45, 2.75) is 36.9 Å². The van der Waals surface area contributed by atoms with Crippen LogP contribution in [0.25, 0.3) is 5.70 Å². The van der Waals surface area contributed by atoms with E-state index in [0.29, 0.717) is 28.7 Å². The van der Waals surface area contributed by atoms with E-state index in [1.165, 1.54) is 18.2 Å². The van der Waals surface area contributed by atoms with Gasteiger partial charge < -0.3 is 5.32 Å². The molecule has 0 saturated carbocycles. The summed E-state index contributed by atoms with van der Waals surface area (Å²) in [5.41, 5.74) is 1.03. The van der Waals surface area contributed by atoms with E-state index >= 15 is 0 Å². The van der Waals surface area contributed by atoms with Gasteiger partial charge >= 0.3 is 0 Å². The van der Waals surface area contributed by atoms with Gasteiger partial charge in [-0.25, -0.2) is 26.3 Å². The SMILES string of the molecule is C=C(Nc1ccc(F)c(C#N)c1)c1cc(S(=O)(=O)NC(C)C(C)(F)F)sc1C. The van der Waals surface area contributed by atoms with Crippen molar-refractivity contribution in [3.05, 3.63) is 52.7 Å². The summed E-state index contributed by atoms with van der Waals surface area (Å²) in [6.45, 7) is 7.22. The summed E-state index contributed by atoms with van der Waals surface area (Å²) in [6.07, 6.45) is 0. The second kappa shape index (κ2) is 7.95. The van der Waals surface area contributed by atoms with Crippen LogP contribution in [0.15, 0.2) is 35.1 Å². The van der Waals surface area contributed by atoms with Gasteiger partial charge in [0.15, 0.2) is 0 Å². The Bertz CT molecular complexity index is 1050. The predicted molar refractivity (Wildman–Crippen MR) is 103 cm³/mol. The van der Waals surface area contributed by atoms with Crippen molar-refractivity contribution in [2.75, 3.05) is 5.32 Å². The van der Waals surface area contributed by atoms with Gasteiger partial charge in [0.25, 0.3) is 15.9 Å². The lowest BCUT2D eigenvalue weighted by Gasteiger charge is -2.19. The van der Waals surface area contributed by atoms with E-state index in [1.807, 2.05) is 4.72 Å². The first-order valence-electron chi connectivity index (χ1n) is 8.01. The topological polar surface area (TPSA) is 82.0 Å². The molecule has 1 atom stereocenters. The molecule has 0 amide bonds. The van der Waals surface area contributed by atoms with Crippen molar-refractivity contribution in [3.8, 4) is 6.07 Å². The number of sulfonamides is 1. The largest absolute Gasteiger partial charge is 0.355 e. The predicted octanol–water partition coefficient (Wildman–Crippen LogP) is 4.47. The van der Waals surface area contributed by atoms with Gasteiger partial charge in [-0.1, -0.05) is 6.58 Å². The number of aryl methyl sites for hydroxylation is 1. The Morgan fingerprint density at radius 1 is 1.36 bits per heavy atom. The second-order valence-corrected chi connectivity index (χ2v) is 9.44. The van der Waals surface area contributed by atoms with Crippen molar-refractivity contribution in [2.24, 2.45) is 0 Å². The van der Waals surface area contributed by atoms with Crippen LogP contribution in [0.5, 0.6) is 0 Å². The van der Waals surface area contributed by atoms with Gasteiger partial charge in [0.2, 0.25) is 0 Å². The number of nitriles is 1. The van der Waals surface area contributed by atoms with E-state index in [0.717, 1.165) is 24.3 Å². The van der Waals surface area contributed by atoms with E-state index in [-0.39, 0.29) is 9.77 Å². The molecule has 1 aromatic carbocycles. The highest BCUT2D eigenvalue weighted by Gasteiger charge is 2.34. The van der Waals surface area contributed by atoms with Gasteiger partial charge in [-0.3, -0.25) is 0 Å². The molecule has 0 aliphatic carbocycles. The maximum Gasteiger partial charge on any atom is 0.261 e. The number of alkyl halides is 2. The third-order valence-corrected chi connectivity index (χ3v) is 7.02. The first-order chi connectivity index (χ1) is 12.8. The minimum atomic E-state index is -4.14. The number of hydrogen-bond donors (Lipinski definition) is 2. The molecule has 0 radical (unpaired) electrons. The minimum Gasteiger partial charge on any atom is -0.355 e. The Morgan fingerprint density at radius 3 is 2.57 bits per heavy atom. The van der Waals surface area contributed by atoms with Crippen LogP contribution < -0.4 is 10.0 Å². The van der Waals surface area contributed by atoms with E-state index in [4.69, 9.17) is 5.26 Å². The number of anilines is 1. The van der Waals surface area contributed by atoms with Gasteiger partial charge in [0.1, 0.15) is 16.1 Å². The molecule has 0 aliphatic rings. The summed E-state index contributed by atoms with van der Waals surface area (Å²) < 4.78 is 66.7. The number of nitrogens with one attached hydrogen (secondary N) is 2. The highest BCUT2D eigenvalue weighted by atomic mass is 32.2. The normalized spacial score (nSPS) is 13.0. The number of hydrogen-bond acceptors (Lipinski definition) is 5. The summed E-state index contributed by atoms with van der Waals surface area (Å²) in [6, 6.07) is 5.31. The highest BCUT2D eigenvalue weighted by Crippen LogP contribution is 2.31. The number of benzene rings is 1. The Kier molecular flexibility index (Phi) is 6.23. The second-order valence-electron chi connectivity index (χ2n) is 6.24. The van der Waals surface area contributed by atoms with Crippen LogP contribution in [-0.4, -0.2) is 20.4 Å². The molecular weight excluding hydrogens is 411 g/mol. The Morgan fingerprint density at radius 2 is 2.00 bits per heavy atom. The van der Waals surface area contributed by atoms with E-state index in [2.05, 4.69) is 11.9 Å². The lowest BCUT2D eigenvalue weighted by atomic mass is 10.1. The molecule has 0 spiro atoms. The van der Waals surface area contributed by atoms with E-state index in [1.54, 1.807) is 13.0 Å². The van der Waals surface area contributed by atoms with Crippen LogP contribution in [-0.2, 0) is 10.0 Å². The minimum absolute atomic E-state index is 0.129. The number of thiophene rings is 1. The van der Waals surface area contributed by atoms with Gasteiger partial charge in [-0.15, -0.1) is 11.3 Å². The fraction of sp³-hybridized carbons (Fsp3) is 0.278. The van der Waals surface area contributed by atoms with Crippen LogP contribution >= 0.6 is 11.3 Å². The lowest BCUT2D eigenvalue weighted by molar-refractivity contribution is -0.00486. The number of nitrogens with zero attached hydrogens (tertiary/aromatic N) is 1. The summed E-state index contributed by atoms with van der Waals surface area (Å²) in [4.78, 5) is 0.594. The van der Waals surface area contributed by atoms with Crippen molar-refractivity contribution < 1.29 is 21.6 Å². The molecule has 10 heteroatoms. The van der Waals surface area contributed by atoms with Crippen LogP contribution in [0.4, 0.5) is 18.9 Å². The molecule has 150 valence electrons. The summed E-state index contributed by atoms with van der Waals surface area (Å²) >= 11 is 0.914. The zero-order valence-electron chi connectivity index (χ0n) is 15.3. The molecule has 0 aliphatic heterocycles. The molecule has 2 rings (SSSR count). The summed E-state index contributed by atoms with van der Waals surface area (Å²) in [5.74, 6) is -3.87. The smallest absolute Gasteiger partial charge is 0.261 e. The average Bonchev–Trinajstić information content (AvgIpc) is 2.98. The summed E-state index contributed by atoms with van der Waals surface area (Å²) in [7, 11) is -4.14. The molecule has 28 heavy (non-hydrogen) atoms. The van der Waals surface area contributed by atoms with Gasteiger partial charge in [0, 0.05) is 28.7 Å². The third kappa shape index (κ3) is 4.92. The molecule has 5 nitrogen and oxygen atoms in total. The quantitative estimate of drug-likeness (QED) is 0.680. The Balaban J connectivity index is 2.26. The zero-order valence-corrected chi connectivity index (χ0v) is 16.9. The van der Waals surface area contributed by atoms with E-state index < -0.39 is 27.8 Å². The molecule has 1 unspecified atom stereocenters. The van der Waals surface area contributed by atoms with Crippen LogP contribution in [0, 0.1) is 24.1 Å². The average molecular weight is 429 g/mol. The molecule has 0 fully saturated rings. The maximum absolute atomic E-state index is 13.4. The van der Waals surface area contributed by atoms with Gasteiger partial charge in [-0.05, 0) is 38.1 Å². The third-order valence-electron chi connectivity index (χ3n) is 3.96. The molecule has 2 N–H and O–H groups in total. The van der Waals surface area contributed by atoms with E-state index in [9.17, 15) is 21.6 Å². The van der Waals surface area contributed by atoms with Crippen molar-refractivity contribution >= 4 is 32.7 Å². The monoisotopic (exact) mass is 429 g/mol. The number of halogens is 3. The Hall–Kier alpha value is -2.35. The lowest BCUT2D eigenvalue weighted by Crippen LogP contribution is -2.43. The highest BCUT2D eigenvalue weighted by molar-refractivity contribution is 7.91. The molecule has 0 bridgehead atoms. The molecule has 1 aromatic heterocycles. The molecular formula is C18H18F3N3O2S2. The van der Waals surface area contributed by atoms with Gasteiger partial charge in [-0.2, -0.15) is 5.26 Å². The Labute approximate surface area is 165 Å². The van der Waals surface area contributed by atoms with Crippen molar-refractivity contribution in [1.82, 2.24) is 4.72 Å². The maximum atomic E-state index is 13.4. The first kappa shape index (κ1) is 21.9. The van der Waals surface area contributed by atoms with Gasteiger partial charge in [0.05, 0.1) is 11.6 Å². The fourth-order valence-electron chi connectivity index (χ4n) is 2.21. The standard InChI is InChI=1S/C18H18F3N3O2S2/c1-10(23-14-5-6-16(19)13(7-14)9-22)15-8-17(27-11(15)2)28(25,26)24-12(3)18(4,20)21/h5-8,12,23-24H,1H2,2-4H3. The molecule has 0 saturated heterocycles. The number of rotatable bonds is 7. The zero-order chi connectivity index (χ0) is 21.3. The van der Waals surface area contributed by atoms with Crippen LogP contribution in [0.1, 0.15) is 29.9 Å². The van der Waals surface area contributed by atoms with Crippen molar-refractivity contribution in [3.63, 3.8) is 0 Å². The van der Waals surface area contributed by atoms with Crippen LogP contribution in [0.2, 0.25) is 0 Å². The summed E-state index contributed by atoms with van der Waals surface area (Å²) in [5, 5.41) is 11.8. The van der Waals surface area contributed by atoms with Crippen LogP contribution in [0.3, 0.4) is 0 Å². The fourth-order valence-corrected chi connectivity index (χ4v) is 5.00. The van der Waals surface area contributed by atoms with Crippen molar-refractivity contribution in [1.29, 1.82) is 5.26 Å². The first-order valence-corrected chi connectivity index (χ1v) is 10.3. The molecule has 1 heterocycles. The molecule has 2 aromatic rings.